The predicted molar refractivity (Wildman–Crippen MR) is 121 cm³/mol. The summed E-state index contributed by atoms with van der Waals surface area (Å²) < 4.78 is 5.74. The maximum absolute atomic E-state index is 12.4. The Morgan fingerprint density at radius 3 is 2.28 bits per heavy atom. The number of carbonyl (C=O) groups excluding carboxylic acids is 2. The molecule has 0 atom stereocenters. The fourth-order valence-electron chi connectivity index (χ4n) is 2.85. The highest BCUT2D eigenvalue weighted by Gasteiger charge is 2.34. The monoisotopic (exact) mass is 511 g/mol. The molecule has 3 rings (SSSR count). The van der Waals surface area contributed by atoms with E-state index in [4.69, 9.17) is 4.42 Å². The first kappa shape index (κ1) is 22.9. The molecule has 0 spiro atoms. The molecule has 0 unspecified atom stereocenters. The molecule has 9 heteroatoms. The second-order valence-corrected chi connectivity index (χ2v) is 7.53. The van der Waals surface area contributed by atoms with Crippen molar-refractivity contribution in [1.82, 2.24) is 20.5 Å². The summed E-state index contributed by atoms with van der Waals surface area (Å²) in [5.74, 6) is 1.39. The zero-order chi connectivity index (χ0) is 20.3. The van der Waals surface area contributed by atoms with Gasteiger partial charge in [-0.3, -0.25) is 19.5 Å². The van der Waals surface area contributed by atoms with E-state index in [-0.39, 0.29) is 47.8 Å². The van der Waals surface area contributed by atoms with Crippen LogP contribution in [0.5, 0.6) is 0 Å². The van der Waals surface area contributed by atoms with Crippen LogP contribution in [0.2, 0.25) is 0 Å². The maximum Gasteiger partial charge on any atom is 0.261 e. The summed E-state index contributed by atoms with van der Waals surface area (Å²) in [5, 5.41) is 6.20. The van der Waals surface area contributed by atoms with Crippen LogP contribution in [0.1, 0.15) is 53.1 Å². The first-order valence-corrected chi connectivity index (χ1v) is 9.16. The van der Waals surface area contributed by atoms with E-state index < -0.39 is 0 Å². The third-order valence-corrected chi connectivity index (χ3v) is 4.43. The Labute approximate surface area is 187 Å². The number of aliphatic imine (C=N–C) groups is 1. The van der Waals surface area contributed by atoms with Gasteiger partial charge in [-0.1, -0.05) is 32.9 Å². The Balaban J connectivity index is 0.00000300. The summed E-state index contributed by atoms with van der Waals surface area (Å²) in [7, 11) is 1.65. The molecule has 0 saturated heterocycles. The van der Waals surface area contributed by atoms with Crippen molar-refractivity contribution in [2.24, 2.45) is 4.99 Å². The number of imide groups is 1. The molecule has 0 aliphatic carbocycles. The Hall–Kier alpha value is -2.43. The van der Waals surface area contributed by atoms with E-state index in [2.05, 4.69) is 41.4 Å². The van der Waals surface area contributed by atoms with Gasteiger partial charge in [0.2, 0.25) is 5.89 Å². The van der Waals surface area contributed by atoms with E-state index in [1.165, 1.54) is 4.90 Å². The van der Waals surface area contributed by atoms with Crippen LogP contribution in [0.25, 0.3) is 0 Å². The van der Waals surface area contributed by atoms with Crippen LogP contribution in [-0.2, 0) is 12.0 Å². The molecular formula is C20H26IN5O3. The molecule has 1 aromatic heterocycles. The quantitative estimate of drug-likeness (QED) is 0.277. The lowest BCUT2D eigenvalue weighted by Gasteiger charge is -2.16. The third kappa shape index (κ3) is 5.14. The molecule has 1 aliphatic heterocycles. The first-order chi connectivity index (χ1) is 13.3. The van der Waals surface area contributed by atoms with Gasteiger partial charge in [0.15, 0.2) is 5.96 Å². The predicted octanol–water partition coefficient (Wildman–Crippen LogP) is 2.55. The summed E-state index contributed by atoms with van der Waals surface area (Å²) in [6.45, 7) is 7.19. The molecule has 29 heavy (non-hydrogen) atoms. The van der Waals surface area contributed by atoms with Crippen LogP contribution in [-0.4, -0.2) is 47.8 Å². The molecular weight excluding hydrogens is 485 g/mol. The molecule has 1 aromatic carbocycles. The number of hydrogen-bond donors (Lipinski definition) is 2. The SMILES string of the molecule is CN=C(NCCN1C(=O)c2ccccc2C1=O)NCc1ncc(C(C)(C)C)o1.I. The number of carbonyl (C=O) groups is 2. The van der Waals surface area contributed by atoms with Crippen LogP contribution in [0.4, 0.5) is 0 Å². The second-order valence-electron chi connectivity index (χ2n) is 7.53. The van der Waals surface area contributed by atoms with Gasteiger partial charge in [0.1, 0.15) is 5.76 Å². The molecule has 156 valence electrons. The van der Waals surface area contributed by atoms with Crippen LogP contribution < -0.4 is 10.6 Å². The number of rotatable bonds is 5. The van der Waals surface area contributed by atoms with Crippen molar-refractivity contribution in [3.05, 3.63) is 53.2 Å². The molecule has 0 radical (unpaired) electrons. The summed E-state index contributed by atoms with van der Waals surface area (Å²) >= 11 is 0. The summed E-state index contributed by atoms with van der Waals surface area (Å²) in [6, 6.07) is 6.86. The fourth-order valence-corrected chi connectivity index (χ4v) is 2.85. The summed E-state index contributed by atoms with van der Waals surface area (Å²) in [4.78, 5) is 34.4. The number of benzene rings is 1. The van der Waals surface area contributed by atoms with Crippen molar-refractivity contribution >= 4 is 41.8 Å². The first-order valence-electron chi connectivity index (χ1n) is 9.16. The second kappa shape index (κ2) is 9.38. The number of nitrogens with one attached hydrogen (secondary N) is 2. The van der Waals surface area contributed by atoms with E-state index in [0.717, 1.165) is 5.76 Å². The van der Waals surface area contributed by atoms with E-state index >= 15 is 0 Å². The van der Waals surface area contributed by atoms with Gasteiger partial charge in [0.25, 0.3) is 11.8 Å². The highest BCUT2D eigenvalue weighted by molar-refractivity contribution is 14.0. The van der Waals surface area contributed by atoms with Gasteiger partial charge in [0.05, 0.1) is 23.9 Å². The Kier molecular flexibility index (Phi) is 7.39. The van der Waals surface area contributed by atoms with Crippen LogP contribution in [0, 0.1) is 0 Å². The third-order valence-electron chi connectivity index (χ3n) is 4.43. The van der Waals surface area contributed by atoms with Gasteiger partial charge in [0, 0.05) is 25.6 Å². The molecule has 1 aliphatic rings. The zero-order valence-corrected chi connectivity index (χ0v) is 19.3. The van der Waals surface area contributed by atoms with Crippen molar-refractivity contribution in [3.8, 4) is 0 Å². The van der Waals surface area contributed by atoms with E-state index in [9.17, 15) is 9.59 Å². The van der Waals surface area contributed by atoms with Gasteiger partial charge in [-0.05, 0) is 12.1 Å². The van der Waals surface area contributed by atoms with Crippen molar-refractivity contribution in [1.29, 1.82) is 0 Å². The smallest absolute Gasteiger partial charge is 0.261 e. The largest absolute Gasteiger partial charge is 0.443 e. The number of guanidine groups is 1. The number of hydrogen-bond acceptors (Lipinski definition) is 5. The number of aromatic nitrogens is 1. The summed E-state index contributed by atoms with van der Waals surface area (Å²) in [5.41, 5.74) is 0.805. The minimum Gasteiger partial charge on any atom is -0.443 e. The summed E-state index contributed by atoms with van der Waals surface area (Å²) in [6.07, 6.45) is 1.73. The van der Waals surface area contributed by atoms with Gasteiger partial charge >= 0.3 is 0 Å². The van der Waals surface area contributed by atoms with Gasteiger partial charge in [-0.2, -0.15) is 0 Å². The van der Waals surface area contributed by atoms with Crippen molar-refractivity contribution in [2.45, 2.75) is 32.7 Å². The van der Waals surface area contributed by atoms with Crippen LogP contribution in [0.15, 0.2) is 39.9 Å². The highest BCUT2D eigenvalue weighted by Crippen LogP contribution is 2.23. The molecule has 2 aromatic rings. The van der Waals surface area contributed by atoms with Gasteiger partial charge < -0.3 is 15.1 Å². The molecule has 2 N–H and O–H groups in total. The van der Waals surface area contributed by atoms with Crippen LogP contribution in [0.3, 0.4) is 0 Å². The van der Waals surface area contributed by atoms with E-state index in [1.54, 1.807) is 37.5 Å². The maximum atomic E-state index is 12.4. The van der Waals surface area contributed by atoms with Gasteiger partial charge in [-0.25, -0.2) is 4.98 Å². The molecule has 0 saturated carbocycles. The zero-order valence-electron chi connectivity index (χ0n) is 17.0. The number of fused-ring (bicyclic) bond motifs is 1. The minimum atomic E-state index is -0.264. The van der Waals surface area contributed by atoms with Crippen LogP contribution >= 0.6 is 24.0 Å². The minimum absolute atomic E-state index is 0. The average molecular weight is 511 g/mol. The number of halogens is 1. The Morgan fingerprint density at radius 1 is 1.14 bits per heavy atom. The number of nitrogens with zero attached hydrogens (tertiary/aromatic N) is 3. The van der Waals surface area contributed by atoms with E-state index in [0.29, 0.717) is 36.1 Å². The Bertz CT molecular complexity index is 882. The van der Waals surface area contributed by atoms with E-state index in [1.807, 2.05) is 0 Å². The molecule has 0 bridgehead atoms. The standard InChI is InChI=1S/C20H25N5O3.HI/c1-20(2,3)15-11-23-16(28-15)12-24-19(21-4)22-9-10-25-17(26)13-7-5-6-8-14(13)18(25)27;/h5-8,11H,9-10,12H2,1-4H3,(H2,21,22,24);1H. The topological polar surface area (TPSA) is 99.8 Å². The number of amides is 2. The number of oxazole rings is 1. The molecule has 0 fully saturated rings. The molecule has 2 heterocycles. The molecule has 8 nitrogen and oxygen atoms in total. The van der Waals surface area contributed by atoms with Crippen molar-refractivity contribution in [3.63, 3.8) is 0 Å². The lowest BCUT2D eigenvalue weighted by atomic mass is 9.94. The highest BCUT2D eigenvalue weighted by atomic mass is 127. The van der Waals surface area contributed by atoms with Gasteiger partial charge in [-0.15, -0.1) is 24.0 Å². The average Bonchev–Trinajstić information content (AvgIpc) is 3.24. The van der Waals surface area contributed by atoms with Crippen molar-refractivity contribution < 1.29 is 14.0 Å². The Morgan fingerprint density at radius 2 is 1.76 bits per heavy atom. The lowest BCUT2D eigenvalue weighted by Crippen LogP contribution is -2.42. The van der Waals surface area contributed by atoms with Crippen molar-refractivity contribution in [2.75, 3.05) is 20.1 Å². The normalized spacial score (nSPS) is 13.9. The lowest BCUT2D eigenvalue weighted by molar-refractivity contribution is 0.0657. The fraction of sp³-hybridized carbons (Fsp3) is 0.400. The molecule has 2 amide bonds.